The Bertz CT molecular complexity index is 711. The summed E-state index contributed by atoms with van der Waals surface area (Å²) in [6.45, 7) is 12.9. The van der Waals surface area contributed by atoms with Crippen LogP contribution in [0.25, 0.3) is 0 Å². The molecule has 0 spiro atoms. The van der Waals surface area contributed by atoms with Gasteiger partial charge in [0.15, 0.2) is 0 Å². The second-order valence-electron chi connectivity index (χ2n) is 8.72. The van der Waals surface area contributed by atoms with Gasteiger partial charge in [-0.05, 0) is 26.7 Å². The summed E-state index contributed by atoms with van der Waals surface area (Å²) in [6, 6.07) is 0. The van der Waals surface area contributed by atoms with Crippen LogP contribution in [-0.4, -0.2) is 29.7 Å². The first-order valence-corrected chi connectivity index (χ1v) is 12.2. The van der Waals surface area contributed by atoms with E-state index in [4.69, 9.17) is 0 Å². The molecule has 0 bridgehead atoms. The average molecular weight is 349 g/mol. The molecular weight excluding hydrogens is 320 g/mol. The zero-order valence-corrected chi connectivity index (χ0v) is 16.5. The minimum Gasteiger partial charge on any atom is -0.310 e. The predicted octanol–water partition coefficient (Wildman–Crippen LogP) is 3.08. The molecule has 1 aromatic heterocycles. The number of hydrogen-bond acceptors (Lipinski definition) is 4. The smallest absolute Gasteiger partial charge is 0.245 e. The molecule has 24 heavy (non-hydrogen) atoms. The third-order valence-corrected chi connectivity index (χ3v) is 9.49. The third-order valence-electron chi connectivity index (χ3n) is 5.89. The predicted molar refractivity (Wildman–Crippen MR) is 96.9 cm³/mol. The van der Waals surface area contributed by atoms with E-state index in [1.807, 2.05) is 13.8 Å². The van der Waals surface area contributed by atoms with Gasteiger partial charge in [-0.1, -0.05) is 26.1 Å². The topological polar surface area (TPSA) is 76.0 Å². The summed E-state index contributed by atoms with van der Waals surface area (Å²) in [6.07, 6.45) is 3.01. The molecule has 1 fully saturated rings. The molecule has 0 saturated heterocycles. The fourth-order valence-corrected chi connectivity index (χ4v) is 6.54. The lowest BCUT2D eigenvalue weighted by Gasteiger charge is -2.48. The van der Waals surface area contributed by atoms with E-state index >= 15 is 0 Å². The van der Waals surface area contributed by atoms with Crippen molar-refractivity contribution in [2.45, 2.75) is 76.8 Å². The lowest BCUT2D eigenvalue weighted by atomic mass is 9.83. The molecule has 7 heteroatoms. The highest BCUT2D eigenvalue weighted by Crippen LogP contribution is 2.56. The van der Waals surface area contributed by atoms with Gasteiger partial charge in [0.25, 0.3) is 0 Å². The van der Waals surface area contributed by atoms with Gasteiger partial charge in [0, 0.05) is 24.1 Å². The maximum atomic E-state index is 13.1. The summed E-state index contributed by atoms with van der Waals surface area (Å²) in [5.74, 6) is 0.457. The summed E-state index contributed by atoms with van der Waals surface area (Å²) in [4.78, 5) is 25.2. The van der Waals surface area contributed by atoms with Gasteiger partial charge in [-0.25, -0.2) is 0 Å². The Morgan fingerprint density at radius 3 is 2.33 bits per heavy atom. The molecule has 1 aliphatic heterocycles. The van der Waals surface area contributed by atoms with Crippen LogP contribution < -0.4 is 10.6 Å². The summed E-state index contributed by atoms with van der Waals surface area (Å²) >= 11 is 0. The molecule has 1 aliphatic carbocycles. The Hall–Kier alpha value is -1.47. The maximum Gasteiger partial charge on any atom is 0.245 e. The van der Waals surface area contributed by atoms with E-state index < -0.39 is 8.07 Å². The van der Waals surface area contributed by atoms with Gasteiger partial charge in [-0.3, -0.25) is 9.59 Å². The number of aromatic nitrogens is 2. The zero-order valence-electron chi connectivity index (χ0n) is 15.5. The Balaban J connectivity index is 1.99. The van der Waals surface area contributed by atoms with Crippen molar-refractivity contribution in [2.24, 2.45) is 0 Å². The number of anilines is 1. The van der Waals surface area contributed by atoms with E-state index in [1.165, 1.54) is 11.6 Å². The van der Waals surface area contributed by atoms with Crippen molar-refractivity contribution in [3.8, 4) is 0 Å². The number of carbonyl (C=O) groups is 2. The molecule has 0 radical (unpaired) electrons. The second kappa shape index (κ2) is 5.26. The first-order chi connectivity index (χ1) is 11.0. The van der Waals surface area contributed by atoms with Crippen LogP contribution in [0.1, 0.15) is 56.1 Å². The molecule has 2 N–H and O–H groups in total. The highest BCUT2D eigenvalue weighted by atomic mass is 28.3. The largest absolute Gasteiger partial charge is 0.310 e. The number of hydrogen-bond donors (Lipinski definition) is 2. The van der Waals surface area contributed by atoms with Gasteiger partial charge in [0.05, 0.1) is 19.3 Å². The molecule has 2 aliphatic rings. The van der Waals surface area contributed by atoms with E-state index in [0.29, 0.717) is 12.4 Å². The fraction of sp³-hybridized carbons (Fsp3) is 0.706. The second-order valence-corrected chi connectivity index (χ2v) is 14.2. The van der Waals surface area contributed by atoms with Crippen molar-refractivity contribution in [3.63, 3.8) is 0 Å². The van der Waals surface area contributed by atoms with Crippen LogP contribution in [0.5, 0.6) is 0 Å². The first-order valence-electron chi connectivity index (χ1n) is 8.69. The van der Waals surface area contributed by atoms with Crippen LogP contribution in [0.4, 0.5) is 5.82 Å². The quantitative estimate of drug-likeness (QED) is 0.823. The Kier molecular flexibility index (Phi) is 3.80. The average Bonchev–Trinajstić information content (AvgIpc) is 2.85. The highest BCUT2D eigenvalue weighted by Gasteiger charge is 2.54. The summed E-state index contributed by atoms with van der Waals surface area (Å²) in [5.41, 5.74) is 1.50. The first kappa shape index (κ1) is 17.4. The van der Waals surface area contributed by atoms with Gasteiger partial charge < -0.3 is 10.6 Å². The summed E-state index contributed by atoms with van der Waals surface area (Å²) in [5, 5.41) is 10.7. The molecule has 1 amide bonds. The molecule has 6 nitrogen and oxygen atoms in total. The van der Waals surface area contributed by atoms with Crippen molar-refractivity contribution in [1.82, 2.24) is 15.1 Å². The Labute approximate surface area is 144 Å². The minimum absolute atomic E-state index is 0.0721. The van der Waals surface area contributed by atoms with Gasteiger partial charge in [0.2, 0.25) is 11.8 Å². The molecule has 2 heterocycles. The number of nitrogens with zero attached hydrogens (tertiary/aromatic N) is 2. The maximum absolute atomic E-state index is 13.1. The SMILES string of the molecule is CC(=O)n1nc2c(c1NC(=O)C1([Si](C)(C)C)CCC1)CNC2(C)C. The van der Waals surface area contributed by atoms with Crippen molar-refractivity contribution in [3.05, 3.63) is 11.3 Å². The van der Waals surface area contributed by atoms with Crippen molar-refractivity contribution < 1.29 is 9.59 Å². The van der Waals surface area contributed by atoms with Crippen LogP contribution >= 0.6 is 0 Å². The van der Waals surface area contributed by atoms with Crippen LogP contribution in [0.2, 0.25) is 24.7 Å². The van der Waals surface area contributed by atoms with Crippen LogP contribution in [0.3, 0.4) is 0 Å². The zero-order chi connectivity index (χ0) is 17.9. The summed E-state index contributed by atoms with van der Waals surface area (Å²) in [7, 11) is -1.66. The number of nitrogens with one attached hydrogen (secondary N) is 2. The van der Waals surface area contributed by atoms with Crippen molar-refractivity contribution in [1.29, 1.82) is 0 Å². The van der Waals surface area contributed by atoms with E-state index in [1.54, 1.807) is 0 Å². The van der Waals surface area contributed by atoms with Crippen LogP contribution in [0, 0.1) is 0 Å². The fourth-order valence-electron chi connectivity index (χ4n) is 3.94. The summed E-state index contributed by atoms with van der Waals surface area (Å²) < 4.78 is 1.36. The minimum atomic E-state index is -1.66. The standard InChI is InChI=1S/C17H28N4O2Si/c1-11(22)21-14(12-10-18-16(2,3)13(12)20-21)19-15(23)17(8-7-9-17)24(4,5)6/h18H,7-10H2,1-6H3,(H,19,23). The molecular formula is C17H28N4O2Si. The Morgan fingerprint density at radius 1 is 1.25 bits per heavy atom. The third kappa shape index (κ3) is 2.37. The van der Waals surface area contributed by atoms with Crippen molar-refractivity contribution >= 4 is 25.7 Å². The molecule has 1 saturated carbocycles. The van der Waals surface area contributed by atoms with Crippen LogP contribution in [-0.2, 0) is 16.9 Å². The lowest BCUT2D eigenvalue weighted by molar-refractivity contribution is -0.121. The van der Waals surface area contributed by atoms with Crippen LogP contribution in [0.15, 0.2) is 0 Å². The van der Waals surface area contributed by atoms with Gasteiger partial charge in [-0.2, -0.15) is 9.78 Å². The highest BCUT2D eigenvalue weighted by molar-refractivity contribution is 6.83. The van der Waals surface area contributed by atoms with Gasteiger partial charge >= 0.3 is 0 Å². The van der Waals surface area contributed by atoms with E-state index in [-0.39, 0.29) is 22.4 Å². The Morgan fingerprint density at radius 2 is 1.88 bits per heavy atom. The lowest BCUT2D eigenvalue weighted by Crippen LogP contribution is -2.52. The molecule has 1 aromatic rings. The number of carbonyl (C=O) groups excluding carboxylic acids is 2. The van der Waals surface area contributed by atoms with Gasteiger partial charge in [0.1, 0.15) is 5.82 Å². The molecule has 0 atom stereocenters. The molecule has 0 unspecified atom stereocenters. The number of amides is 1. The van der Waals surface area contributed by atoms with E-state index in [9.17, 15) is 9.59 Å². The molecule has 3 rings (SSSR count). The van der Waals surface area contributed by atoms with Crippen molar-refractivity contribution in [2.75, 3.05) is 5.32 Å². The normalized spacial score (nSPS) is 21.1. The van der Waals surface area contributed by atoms with E-state index in [0.717, 1.165) is 30.5 Å². The monoisotopic (exact) mass is 348 g/mol. The molecule has 132 valence electrons. The number of rotatable bonds is 3. The van der Waals surface area contributed by atoms with Gasteiger partial charge in [-0.15, -0.1) is 0 Å². The number of fused-ring (bicyclic) bond motifs is 1. The van der Waals surface area contributed by atoms with E-state index in [2.05, 4.69) is 35.4 Å². The molecule has 0 aromatic carbocycles.